The van der Waals surface area contributed by atoms with Crippen molar-refractivity contribution in [3.05, 3.63) is 28.5 Å². The summed E-state index contributed by atoms with van der Waals surface area (Å²) in [6.07, 6.45) is 0.480. The number of halogens is 1. The van der Waals surface area contributed by atoms with E-state index in [2.05, 4.69) is 4.98 Å². The first-order chi connectivity index (χ1) is 10.6. The van der Waals surface area contributed by atoms with Gasteiger partial charge in [-0.2, -0.15) is 0 Å². The van der Waals surface area contributed by atoms with Crippen LogP contribution in [0.3, 0.4) is 0 Å². The lowest BCUT2D eigenvalue weighted by Crippen LogP contribution is -2.20. The fourth-order valence-corrected chi connectivity index (χ4v) is 2.33. The molecule has 10 heteroatoms. The molecule has 0 fully saturated rings. The van der Waals surface area contributed by atoms with Crippen molar-refractivity contribution in [1.82, 2.24) is 4.98 Å². The van der Waals surface area contributed by atoms with Gasteiger partial charge in [0.05, 0.1) is 29.7 Å². The summed E-state index contributed by atoms with van der Waals surface area (Å²) in [7, 11) is 0. The molecule has 2 unspecified atom stereocenters. The molecule has 1 rings (SSSR count). The first-order valence-corrected chi connectivity index (χ1v) is 6.55. The molecule has 1 aromatic heterocycles. The Hall–Kier alpha value is -2.68. The fraction of sp³-hybridized carbons (Fsp3) is 0.308. The van der Waals surface area contributed by atoms with E-state index in [1.165, 1.54) is 0 Å². The Bertz CT molecular complexity index is 607. The number of pyridine rings is 1. The van der Waals surface area contributed by atoms with Gasteiger partial charge >= 0.3 is 23.9 Å². The number of rotatable bonds is 8. The van der Waals surface area contributed by atoms with Gasteiger partial charge in [-0.1, -0.05) is 11.6 Å². The number of hydrogen-bond donors (Lipinski definition) is 4. The first-order valence-electron chi connectivity index (χ1n) is 6.17. The maximum Gasteiger partial charge on any atom is 0.311 e. The summed E-state index contributed by atoms with van der Waals surface area (Å²) in [6.45, 7) is 0. The Morgan fingerprint density at radius 2 is 1.22 bits per heavy atom. The van der Waals surface area contributed by atoms with Crippen molar-refractivity contribution in [2.24, 2.45) is 0 Å². The van der Waals surface area contributed by atoms with E-state index in [-0.39, 0.29) is 16.1 Å². The van der Waals surface area contributed by atoms with Gasteiger partial charge in [0.1, 0.15) is 0 Å². The van der Waals surface area contributed by atoms with Crippen LogP contribution in [-0.4, -0.2) is 49.3 Å². The van der Waals surface area contributed by atoms with E-state index >= 15 is 0 Å². The van der Waals surface area contributed by atoms with Crippen LogP contribution in [0, 0.1) is 0 Å². The molecule has 124 valence electrons. The smallest absolute Gasteiger partial charge is 0.311 e. The Morgan fingerprint density at radius 1 is 0.870 bits per heavy atom. The quantitative estimate of drug-likeness (QED) is 0.538. The van der Waals surface area contributed by atoms with Gasteiger partial charge in [-0.3, -0.25) is 24.2 Å². The summed E-state index contributed by atoms with van der Waals surface area (Å²) in [5.41, 5.74) is -0.369. The molecular weight excluding hydrogens is 334 g/mol. The van der Waals surface area contributed by atoms with Gasteiger partial charge in [0, 0.05) is 23.5 Å². The standard InChI is InChI=1S/C13H12ClNO8/c14-11-7(5(12(20)21)1-9(16)17)3-15-4-8(11)6(13(22)23)2-10(18)19/h3-6H,1-2H2,(H,16,17)(H,18,19)(H,20,21)(H,22,23). The molecular formula is C13H12ClNO8. The third-order valence-corrected chi connectivity index (χ3v) is 3.48. The molecule has 0 aromatic carbocycles. The minimum atomic E-state index is -1.54. The summed E-state index contributed by atoms with van der Waals surface area (Å²) in [5.74, 6) is -8.80. The largest absolute Gasteiger partial charge is 0.481 e. The van der Waals surface area contributed by atoms with E-state index in [0.29, 0.717) is 0 Å². The van der Waals surface area contributed by atoms with E-state index in [4.69, 9.17) is 32.0 Å². The van der Waals surface area contributed by atoms with Crippen LogP contribution in [-0.2, 0) is 19.2 Å². The average Bonchev–Trinajstić information content (AvgIpc) is 2.42. The second kappa shape index (κ2) is 7.54. The summed E-state index contributed by atoms with van der Waals surface area (Å²) >= 11 is 6.00. The molecule has 0 aliphatic rings. The van der Waals surface area contributed by atoms with Crippen LogP contribution in [0.4, 0.5) is 0 Å². The highest BCUT2D eigenvalue weighted by Gasteiger charge is 2.31. The third-order valence-electron chi connectivity index (χ3n) is 3.04. The Morgan fingerprint density at radius 3 is 1.48 bits per heavy atom. The summed E-state index contributed by atoms with van der Waals surface area (Å²) in [6, 6.07) is 0. The third kappa shape index (κ3) is 4.65. The molecule has 0 radical (unpaired) electrons. The normalized spacial score (nSPS) is 13.1. The molecule has 0 saturated carbocycles. The maximum atomic E-state index is 11.2. The van der Waals surface area contributed by atoms with Crippen molar-refractivity contribution < 1.29 is 39.6 Å². The van der Waals surface area contributed by atoms with Crippen LogP contribution in [0.1, 0.15) is 35.8 Å². The molecule has 0 bridgehead atoms. The molecule has 0 aliphatic carbocycles. The van der Waals surface area contributed by atoms with Crippen molar-refractivity contribution in [3.63, 3.8) is 0 Å². The molecule has 4 N–H and O–H groups in total. The lowest BCUT2D eigenvalue weighted by atomic mass is 9.91. The molecule has 0 amide bonds. The van der Waals surface area contributed by atoms with Crippen molar-refractivity contribution >= 4 is 35.5 Å². The second-order valence-corrected chi connectivity index (χ2v) is 4.99. The number of aliphatic carboxylic acids is 4. The van der Waals surface area contributed by atoms with Crippen LogP contribution in [0.2, 0.25) is 5.02 Å². The van der Waals surface area contributed by atoms with Crippen molar-refractivity contribution in [2.75, 3.05) is 0 Å². The van der Waals surface area contributed by atoms with Crippen molar-refractivity contribution in [2.45, 2.75) is 24.7 Å². The Kier molecular flexibility index (Phi) is 6.02. The van der Waals surface area contributed by atoms with Gasteiger partial charge in [-0.05, 0) is 0 Å². The number of carbonyl (C=O) groups is 4. The molecule has 1 aromatic rings. The number of carboxylic acids is 4. The molecule has 1 heterocycles. The van der Waals surface area contributed by atoms with Gasteiger partial charge < -0.3 is 20.4 Å². The molecule has 0 aliphatic heterocycles. The zero-order chi connectivity index (χ0) is 17.7. The van der Waals surface area contributed by atoms with Crippen molar-refractivity contribution in [3.8, 4) is 0 Å². The number of aromatic nitrogens is 1. The predicted octanol–water partition coefficient (Wildman–Crippen LogP) is 1.02. The van der Waals surface area contributed by atoms with Crippen LogP contribution in [0.5, 0.6) is 0 Å². The first kappa shape index (κ1) is 18.4. The maximum absolute atomic E-state index is 11.2. The van der Waals surface area contributed by atoms with Crippen molar-refractivity contribution in [1.29, 1.82) is 0 Å². The molecule has 2 atom stereocenters. The SMILES string of the molecule is O=C(O)CC(C(=O)O)c1cncc(C(CC(=O)O)C(=O)O)c1Cl. The highest BCUT2D eigenvalue weighted by atomic mass is 35.5. The Balaban J connectivity index is 3.38. The number of hydrogen-bond acceptors (Lipinski definition) is 5. The lowest BCUT2D eigenvalue weighted by Gasteiger charge is -2.17. The number of carboxylic acid groups (broad SMARTS) is 4. The van der Waals surface area contributed by atoms with Gasteiger partial charge in [0.15, 0.2) is 0 Å². The van der Waals surface area contributed by atoms with E-state index in [9.17, 15) is 19.2 Å². The molecule has 23 heavy (non-hydrogen) atoms. The molecule has 0 saturated heterocycles. The van der Waals surface area contributed by atoms with Crippen LogP contribution >= 0.6 is 11.6 Å². The number of nitrogens with zero attached hydrogens (tertiary/aromatic N) is 1. The van der Waals surface area contributed by atoms with Gasteiger partial charge in [0.25, 0.3) is 0 Å². The monoisotopic (exact) mass is 345 g/mol. The molecule has 0 spiro atoms. The predicted molar refractivity (Wildman–Crippen MR) is 74.5 cm³/mol. The van der Waals surface area contributed by atoms with E-state index in [0.717, 1.165) is 12.4 Å². The second-order valence-electron chi connectivity index (χ2n) is 4.61. The van der Waals surface area contributed by atoms with E-state index in [1.54, 1.807) is 0 Å². The zero-order valence-corrected chi connectivity index (χ0v) is 12.2. The highest BCUT2D eigenvalue weighted by Crippen LogP contribution is 2.34. The minimum absolute atomic E-state index is 0.185. The zero-order valence-electron chi connectivity index (χ0n) is 11.5. The highest BCUT2D eigenvalue weighted by molar-refractivity contribution is 6.32. The van der Waals surface area contributed by atoms with E-state index in [1.807, 2.05) is 0 Å². The van der Waals surface area contributed by atoms with Gasteiger partial charge in [0.2, 0.25) is 0 Å². The van der Waals surface area contributed by atoms with Gasteiger partial charge in [-0.25, -0.2) is 0 Å². The topological polar surface area (TPSA) is 162 Å². The van der Waals surface area contributed by atoms with Crippen LogP contribution < -0.4 is 0 Å². The minimum Gasteiger partial charge on any atom is -0.481 e. The molecule has 9 nitrogen and oxygen atoms in total. The summed E-state index contributed by atoms with van der Waals surface area (Å²) in [5, 5.41) is 35.5. The fourth-order valence-electron chi connectivity index (χ4n) is 1.97. The average molecular weight is 346 g/mol. The lowest BCUT2D eigenvalue weighted by molar-refractivity contribution is -0.145. The van der Waals surface area contributed by atoms with Crippen LogP contribution in [0.25, 0.3) is 0 Å². The van der Waals surface area contributed by atoms with Gasteiger partial charge in [-0.15, -0.1) is 0 Å². The summed E-state index contributed by atoms with van der Waals surface area (Å²) < 4.78 is 0. The Labute approximate surface area is 134 Å². The van der Waals surface area contributed by atoms with E-state index < -0.39 is 48.6 Å². The van der Waals surface area contributed by atoms with Crippen LogP contribution in [0.15, 0.2) is 12.4 Å². The summed E-state index contributed by atoms with van der Waals surface area (Å²) in [4.78, 5) is 47.7.